The summed E-state index contributed by atoms with van der Waals surface area (Å²) < 4.78 is 78.6. The van der Waals surface area contributed by atoms with Crippen LogP contribution in [0.1, 0.15) is 10.4 Å². The molecule has 1 aromatic rings. The molecule has 0 atom stereocenters. The Bertz CT molecular complexity index is 586. The maximum Gasteiger partial charge on any atom is 0.491 e. The van der Waals surface area contributed by atoms with Gasteiger partial charge < -0.3 is 9.47 Å². The molecule has 0 bridgehead atoms. The van der Waals surface area contributed by atoms with Gasteiger partial charge in [0.2, 0.25) is 0 Å². The lowest BCUT2D eigenvalue weighted by Crippen LogP contribution is -2.28. The molecule has 0 fully saturated rings. The van der Waals surface area contributed by atoms with E-state index in [1.165, 1.54) is 0 Å². The topological polar surface area (TPSA) is 69.7 Å². The van der Waals surface area contributed by atoms with Crippen LogP contribution < -0.4 is 4.74 Å². The molecule has 0 N–H and O–H groups in total. The Morgan fingerprint density at radius 1 is 0.773 bits per heavy atom. The van der Waals surface area contributed by atoms with Crippen molar-refractivity contribution in [2.24, 2.45) is 0 Å². The van der Waals surface area contributed by atoms with Gasteiger partial charge in [0.25, 0.3) is 0 Å². The van der Waals surface area contributed by atoms with Crippen molar-refractivity contribution in [2.45, 2.75) is 12.4 Å². The van der Waals surface area contributed by atoms with Gasteiger partial charge in [-0.15, -0.1) is 0 Å². The van der Waals surface area contributed by atoms with Crippen molar-refractivity contribution < 1.29 is 50.2 Å². The van der Waals surface area contributed by atoms with Crippen LogP contribution in [0.3, 0.4) is 0 Å². The molecule has 0 radical (unpaired) electrons. The number of hydrogen-bond acceptors (Lipinski definition) is 5. The number of hydrogen-bond donors (Lipinski definition) is 0. The van der Waals surface area contributed by atoms with Gasteiger partial charge >= 0.3 is 30.3 Å². The van der Waals surface area contributed by atoms with Crippen molar-refractivity contribution in [2.75, 3.05) is 0 Å². The highest BCUT2D eigenvalue weighted by Gasteiger charge is 2.43. The molecule has 120 valence electrons. The second-order valence-electron chi connectivity index (χ2n) is 3.59. The monoisotopic (exact) mass is 330 g/mol. The molecule has 0 aliphatic carbocycles. The van der Waals surface area contributed by atoms with Crippen LogP contribution in [0.4, 0.5) is 26.3 Å². The summed E-state index contributed by atoms with van der Waals surface area (Å²) in [4.78, 5) is 32.1. The smallest absolute Gasteiger partial charge is 0.420 e. The first-order valence-corrected chi connectivity index (χ1v) is 5.13. The van der Waals surface area contributed by atoms with Crippen LogP contribution in [-0.2, 0) is 14.3 Å². The van der Waals surface area contributed by atoms with Gasteiger partial charge in [0, 0.05) is 0 Å². The first-order valence-electron chi connectivity index (χ1n) is 5.13. The first kappa shape index (κ1) is 17.5. The molecule has 0 unspecified atom stereocenters. The third-order valence-electron chi connectivity index (χ3n) is 1.95. The standard InChI is InChI=1S/C11H4F6O5/c12-10(13,14)8(19)21-6-3-1-5(2-4-6)7(18)22-9(20)11(15,16)17/h1-4H. The quantitative estimate of drug-likeness (QED) is 0.360. The third kappa shape index (κ3) is 4.75. The number of ether oxygens (including phenoxy) is 2. The normalized spacial score (nSPS) is 11.7. The Labute approximate surface area is 117 Å². The molecule has 0 aromatic heterocycles. The lowest BCUT2D eigenvalue weighted by atomic mass is 10.2. The van der Waals surface area contributed by atoms with Crippen LogP contribution in [-0.4, -0.2) is 30.3 Å². The molecule has 0 spiro atoms. The number of benzene rings is 1. The highest BCUT2D eigenvalue weighted by atomic mass is 19.4. The van der Waals surface area contributed by atoms with Crippen LogP contribution in [0.15, 0.2) is 24.3 Å². The van der Waals surface area contributed by atoms with Gasteiger partial charge in [0.1, 0.15) is 5.75 Å². The molecule has 0 amide bonds. The molecule has 1 aromatic carbocycles. The van der Waals surface area contributed by atoms with E-state index in [0.717, 1.165) is 0 Å². The van der Waals surface area contributed by atoms with Gasteiger partial charge in [-0.05, 0) is 24.3 Å². The minimum atomic E-state index is -5.38. The van der Waals surface area contributed by atoms with Crippen molar-refractivity contribution in [3.05, 3.63) is 29.8 Å². The number of esters is 3. The van der Waals surface area contributed by atoms with Crippen LogP contribution in [0.25, 0.3) is 0 Å². The van der Waals surface area contributed by atoms with Gasteiger partial charge in [-0.1, -0.05) is 0 Å². The summed E-state index contributed by atoms with van der Waals surface area (Å²) in [5.74, 6) is -7.54. The van der Waals surface area contributed by atoms with E-state index in [2.05, 4.69) is 9.47 Å². The van der Waals surface area contributed by atoms with Crippen LogP contribution in [0.5, 0.6) is 5.75 Å². The summed E-state index contributed by atoms with van der Waals surface area (Å²) in [5, 5.41) is 0. The Morgan fingerprint density at radius 2 is 1.23 bits per heavy atom. The third-order valence-corrected chi connectivity index (χ3v) is 1.95. The van der Waals surface area contributed by atoms with E-state index < -0.39 is 41.6 Å². The summed E-state index contributed by atoms with van der Waals surface area (Å²) in [7, 11) is 0. The molecule has 5 nitrogen and oxygen atoms in total. The summed E-state index contributed by atoms with van der Waals surface area (Å²) >= 11 is 0. The molecule has 0 aliphatic heterocycles. The Morgan fingerprint density at radius 3 is 1.64 bits per heavy atom. The summed E-state index contributed by atoms with van der Waals surface area (Å²) in [5.41, 5.74) is -0.565. The van der Waals surface area contributed by atoms with Crippen molar-refractivity contribution >= 4 is 17.9 Å². The first-order chi connectivity index (χ1) is 9.91. The van der Waals surface area contributed by atoms with Gasteiger partial charge in [-0.2, -0.15) is 26.3 Å². The van der Waals surface area contributed by atoms with Gasteiger partial charge in [0.15, 0.2) is 0 Å². The van der Waals surface area contributed by atoms with Gasteiger partial charge in [0.05, 0.1) is 5.56 Å². The summed E-state index contributed by atoms with van der Waals surface area (Å²) in [6.07, 6.45) is -10.6. The molecule has 0 heterocycles. The Kier molecular flexibility index (Phi) is 4.79. The van der Waals surface area contributed by atoms with Crippen LogP contribution >= 0.6 is 0 Å². The average molecular weight is 330 g/mol. The minimum absolute atomic E-state index is 0.565. The molecule has 0 saturated carbocycles. The lowest BCUT2D eigenvalue weighted by Gasteiger charge is -2.08. The zero-order valence-corrected chi connectivity index (χ0v) is 10.1. The fourth-order valence-electron chi connectivity index (χ4n) is 1.02. The average Bonchev–Trinajstić information content (AvgIpc) is 2.37. The maximum absolute atomic E-state index is 11.9. The second kappa shape index (κ2) is 6.03. The zero-order valence-electron chi connectivity index (χ0n) is 10.1. The largest absolute Gasteiger partial charge is 0.491 e. The molecule has 0 aliphatic rings. The highest BCUT2D eigenvalue weighted by molar-refractivity contribution is 5.98. The molecular weight excluding hydrogens is 326 g/mol. The number of carbonyl (C=O) groups is 3. The van der Waals surface area contributed by atoms with Crippen molar-refractivity contribution in [3.63, 3.8) is 0 Å². The minimum Gasteiger partial charge on any atom is -0.420 e. The molecular formula is C11H4F6O5. The predicted molar refractivity (Wildman–Crippen MR) is 54.6 cm³/mol. The maximum atomic E-state index is 11.9. The van der Waals surface area contributed by atoms with E-state index in [-0.39, 0.29) is 0 Å². The zero-order chi connectivity index (χ0) is 17.1. The van der Waals surface area contributed by atoms with E-state index >= 15 is 0 Å². The van der Waals surface area contributed by atoms with Crippen molar-refractivity contribution in [1.82, 2.24) is 0 Å². The molecule has 11 heteroatoms. The number of alkyl halides is 6. The van der Waals surface area contributed by atoms with Crippen LogP contribution in [0.2, 0.25) is 0 Å². The van der Waals surface area contributed by atoms with Gasteiger partial charge in [-0.3, -0.25) is 0 Å². The van der Waals surface area contributed by atoms with Gasteiger partial charge in [-0.25, -0.2) is 14.4 Å². The van der Waals surface area contributed by atoms with Crippen molar-refractivity contribution in [1.29, 1.82) is 0 Å². The Balaban J connectivity index is 2.75. The fourth-order valence-corrected chi connectivity index (χ4v) is 1.02. The van der Waals surface area contributed by atoms with Crippen molar-refractivity contribution in [3.8, 4) is 5.75 Å². The number of carbonyl (C=O) groups excluding carboxylic acids is 3. The van der Waals surface area contributed by atoms with E-state index in [9.17, 15) is 40.7 Å². The summed E-state index contributed by atoms with van der Waals surface area (Å²) in [6, 6.07) is 2.84. The van der Waals surface area contributed by atoms with E-state index in [0.29, 0.717) is 24.3 Å². The highest BCUT2D eigenvalue weighted by Crippen LogP contribution is 2.21. The van der Waals surface area contributed by atoms with E-state index in [4.69, 9.17) is 0 Å². The SMILES string of the molecule is O=C(OC(=O)C(F)(F)F)c1ccc(OC(=O)C(F)(F)F)cc1. The number of rotatable bonds is 2. The second-order valence-corrected chi connectivity index (χ2v) is 3.59. The predicted octanol–water partition coefficient (Wildman–Crippen LogP) is 2.40. The summed E-state index contributed by atoms with van der Waals surface area (Å²) in [6.45, 7) is 0. The van der Waals surface area contributed by atoms with Crippen LogP contribution in [0, 0.1) is 0 Å². The fraction of sp³-hybridized carbons (Fsp3) is 0.182. The Hall–Kier alpha value is -2.59. The molecule has 0 saturated heterocycles. The molecule has 22 heavy (non-hydrogen) atoms. The lowest BCUT2D eigenvalue weighted by molar-refractivity contribution is -0.193. The van der Waals surface area contributed by atoms with E-state index in [1.807, 2.05) is 0 Å². The molecule has 1 rings (SSSR count). The number of halogens is 6. The van der Waals surface area contributed by atoms with E-state index in [1.54, 1.807) is 0 Å².